The number of Topliss-reactive ketones (excluding diaryl/α,β-unsaturated/α-hetero) is 1. The standard InChI is InChI=1S/C36H53NO5/c1-2-3-4-5-6-7-8-9-10-11-12-13-14-15-31(39)41-29-19-18-27-24-30-36(40)21-20-28(38)34-35(36,32(27)33(29)42-34)22-23-37(30)25-26-16-17-26/h18-19,26,30,34,40H,2-17,20-25H2,1H3/t30?,34-,35-,36+/m0/s1. The maximum atomic E-state index is 13.3. The molecule has 232 valence electrons. The van der Waals surface area contributed by atoms with Crippen molar-refractivity contribution in [2.45, 2.75) is 159 Å². The molecule has 0 radical (unpaired) electrons. The summed E-state index contributed by atoms with van der Waals surface area (Å²) in [6.07, 6.45) is 21.1. The molecule has 3 fully saturated rings. The first kappa shape index (κ1) is 30.1. The van der Waals surface area contributed by atoms with E-state index in [9.17, 15) is 14.7 Å². The van der Waals surface area contributed by atoms with Crippen LogP contribution in [0.5, 0.6) is 11.5 Å². The Morgan fingerprint density at radius 3 is 2.31 bits per heavy atom. The van der Waals surface area contributed by atoms with Crippen LogP contribution < -0.4 is 9.47 Å². The Morgan fingerprint density at radius 2 is 1.64 bits per heavy atom. The van der Waals surface area contributed by atoms with Gasteiger partial charge in [-0.3, -0.25) is 14.5 Å². The van der Waals surface area contributed by atoms with Gasteiger partial charge in [-0.25, -0.2) is 0 Å². The minimum absolute atomic E-state index is 0.00782. The Bertz CT molecular complexity index is 1130. The van der Waals surface area contributed by atoms with Gasteiger partial charge in [0.25, 0.3) is 0 Å². The van der Waals surface area contributed by atoms with E-state index < -0.39 is 17.1 Å². The van der Waals surface area contributed by atoms with Gasteiger partial charge in [-0.15, -0.1) is 0 Å². The number of esters is 1. The molecule has 0 aromatic heterocycles. The van der Waals surface area contributed by atoms with Crippen LogP contribution in [0.25, 0.3) is 0 Å². The van der Waals surface area contributed by atoms with Crippen molar-refractivity contribution in [3.8, 4) is 11.5 Å². The fourth-order valence-electron chi connectivity index (χ4n) is 8.79. The molecule has 1 spiro atoms. The van der Waals surface area contributed by atoms with Crippen LogP contribution in [-0.4, -0.2) is 52.6 Å². The van der Waals surface area contributed by atoms with E-state index in [0.29, 0.717) is 37.2 Å². The molecule has 4 atom stereocenters. The summed E-state index contributed by atoms with van der Waals surface area (Å²) in [6, 6.07) is 3.93. The van der Waals surface area contributed by atoms with Crippen LogP contribution in [0.3, 0.4) is 0 Å². The second-order valence-electron chi connectivity index (χ2n) is 14.2. The van der Waals surface area contributed by atoms with Crippen molar-refractivity contribution >= 4 is 11.8 Å². The first-order chi connectivity index (χ1) is 20.5. The van der Waals surface area contributed by atoms with Crippen LogP contribution in [-0.2, 0) is 21.4 Å². The van der Waals surface area contributed by atoms with Gasteiger partial charge in [-0.2, -0.15) is 0 Å². The molecule has 1 N–H and O–H groups in total. The van der Waals surface area contributed by atoms with Gasteiger partial charge < -0.3 is 14.6 Å². The third-order valence-corrected chi connectivity index (χ3v) is 11.3. The number of unbranched alkanes of at least 4 members (excludes halogenated alkanes) is 12. The smallest absolute Gasteiger partial charge is 0.311 e. The largest absolute Gasteiger partial charge is 0.477 e. The first-order valence-corrected chi connectivity index (χ1v) is 17.5. The molecule has 2 aliphatic heterocycles. The first-order valence-electron chi connectivity index (χ1n) is 17.5. The molecule has 6 nitrogen and oxygen atoms in total. The van der Waals surface area contributed by atoms with Crippen LogP contribution in [0.1, 0.15) is 140 Å². The fourth-order valence-corrected chi connectivity index (χ4v) is 8.79. The van der Waals surface area contributed by atoms with Crippen molar-refractivity contribution in [3.05, 3.63) is 23.3 Å². The van der Waals surface area contributed by atoms with E-state index in [1.807, 2.05) is 6.07 Å². The number of likely N-dealkylation sites (tertiary alicyclic amines) is 1. The highest BCUT2D eigenvalue weighted by atomic mass is 16.6. The molecule has 2 bridgehead atoms. The lowest BCUT2D eigenvalue weighted by atomic mass is 9.49. The van der Waals surface area contributed by atoms with Gasteiger partial charge in [0.05, 0.1) is 11.0 Å². The van der Waals surface area contributed by atoms with E-state index in [0.717, 1.165) is 49.4 Å². The summed E-state index contributed by atoms with van der Waals surface area (Å²) in [5.74, 6) is 1.55. The maximum Gasteiger partial charge on any atom is 0.311 e. The molecule has 1 aromatic rings. The highest BCUT2D eigenvalue weighted by Gasteiger charge is 2.73. The summed E-state index contributed by atoms with van der Waals surface area (Å²) >= 11 is 0. The summed E-state index contributed by atoms with van der Waals surface area (Å²) < 4.78 is 12.3. The summed E-state index contributed by atoms with van der Waals surface area (Å²) in [7, 11) is 0. The Hall–Kier alpha value is -1.92. The van der Waals surface area contributed by atoms with E-state index >= 15 is 0 Å². The van der Waals surface area contributed by atoms with Gasteiger partial charge in [0.2, 0.25) is 0 Å². The van der Waals surface area contributed by atoms with E-state index in [1.165, 1.54) is 83.5 Å². The second kappa shape index (κ2) is 13.0. The van der Waals surface area contributed by atoms with Crippen LogP contribution in [0.4, 0.5) is 0 Å². The third kappa shape index (κ3) is 5.67. The number of rotatable bonds is 17. The number of benzene rings is 1. The Morgan fingerprint density at radius 1 is 0.976 bits per heavy atom. The SMILES string of the molecule is CCCCCCCCCCCCCCCC(=O)Oc1ccc2c3c1O[C@H]1C(=O)CC[C@@]4(O)C(C2)N(CC2CC2)CC[C@]314. The molecule has 3 aliphatic carbocycles. The molecular weight excluding hydrogens is 526 g/mol. The van der Waals surface area contributed by atoms with Crippen LogP contribution in [0.15, 0.2) is 12.1 Å². The van der Waals surface area contributed by atoms with E-state index in [-0.39, 0.29) is 17.8 Å². The molecule has 2 heterocycles. The van der Waals surface area contributed by atoms with Gasteiger partial charge >= 0.3 is 5.97 Å². The molecule has 42 heavy (non-hydrogen) atoms. The van der Waals surface area contributed by atoms with Crippen LogP contribution >= 0.6 is 0 Å². The lowest BCUT2D eigenvalue weighted by molar-refractivity contribution is -0.188. The van der Waals surface area contributed by atoms with Crippen molar-refractivity contribution in [1.29, 1.82) is 0 Å². The number of carbonyl (C=O) groups excluding carboxylic acids is 2. The second-order valence-corrected chi connectivity index (χ2v) is 14.2. The predicted molar refractivity (Wildman–Crippen MR) is 164 cm³/mol. The van der Waals surface area contributed by atoms with Crippen LogP contribution in [0.2, 0.25) is 0 Å². The van der Waals surface area contributed by atoms with Crippen LogP contribution in [0, 0.1) is 5.92 Å². The minimum atomic E-state index is -0.992. The van der Waals surface area contributed by atoms with Gasteiger partial charge in [0.15, 0.2) is 23.4 Å². The topological polar surface area (TPSA) is 76.1 Å². The average Bonchev–Trinajstić information content (AvgIpc) is 3.72. The summed E-state index contributed by atoms with van der Waals surface area (Å²) in [6.45, 7) is 4.18. The van der Waals surface area contributed by atoms with Crippen molar-refractivity contribution in [1.82, 2.24) is 4.90 Å². The number of nitrogens with zero attached hydrogens (tertiary/aromatic N) is 1. The number of carbonyl (C=O) groups is 2. The zero-order valence-corrected chi connectivity index (χ0v) is 26.0. The van der Waals surface area contributed by atoms with E-state index in [4.69, 9.17) is 9.47 Å². The monoisotopic (exact) mass is 579 g/mol. The lowest BCUT2D eigenvalue weighted by Crippen LogP contribution is -2.76. The lowest BCUT2D eigenvalue weighted by Gasteiger charge is -2.62. The highest BCUT2D eigenvalue weighted by Crippen LogP contribution is 2.65. The molecule has 1 aromatic carbocycles. The van der Waals surface area contributed by atoms with Crippen molar-refractivity contribution in [2.75, 3.05) is 13.1 Å². The number of piperidine rings is 1. The average molecular weight is 580 g/mol. The summed E-state index contributed by atoms with van der Waals surface area (Å²) in [4.78, 5) is 28.6. The Labute approximate surface area is 252 Å². The predicted octanol–water partition coefficient (Wildman–Crippen LogP) is 7.21. The minimum Gasteiger partial charge on any atom is -0.477 e. The Balaban J connectivity index is 1.01. The Kier molecular flexibility index (Phi) is 9.31. The quantitative estimate of drug-likeness (QED) is 0.119. The third-order valence-electron chi connectivity index (χ3n) is 11.3. The zero-order valence-electron chi connectivity index (χ0n) is 26.0. The van der Waals surface area contributed by atoms with Crippen molar-refractivity contribution in [2.24, 2.45) is 5.92 Å². The van der Waals surface area contributed by atoms with Gasteiger partial charge in [-0.1, -0.05) is 90.0 Å². The number of ketones is 1. The fraction of sp³-hybridized carbons (Fsp3) is 0.778. The highest BCUT2D eigenvalue weighted by molar-refractivity contribution is 5.90. The normalized spacial score (nSPS) is 29.3. The summed E-state index contributed by atoms with van der Waals surface area (Å²) in [5, 5.41) is 12.4. The number of hydrogen-bond donors (Lipinski definition) is 1. The van der Waals surface area contributed by atoms with Crippen molar-refractivity contribution < 1.29 is 24.2 Å². The molecular formula is C36H53NO5. The molecule has 0 amide bonds. The summed E-state index contributed by atoms with van der Waals surface area (Å²) in [5.41, 5.74) is 0.382. The molecule has 1 unspecified atom stereocenters. The van der Waals surface area contributed by atoms with Crippen molar-refractivity contribution in [3.63, 3.8) is 0 Å². The van der Waals surface area contributed by atoms with Gasteiger partial charge in [0, 0.05) is 31.0 Å². The number of aliphatic hydroxyl groups is 1. The molecule has 6 heteroatoms. The molecule has 6 rings (SSSR count). The molecule has 2 saturated carbocycles. The zero-order chi connectivity index (χ0) is 29.2. The van der Waals surface area contributed by atoms with Gasteiger partial charge in [-0.05, 0) is 62.6 Å². The van der Waals surface area contributed by atoms with E-state index in [1.54, 1.807) is 0 Å². The molecule has 1 saturated heterocycles. The van der Waals surface area contributed by atoms with E-state index in [2.05, 4.69) is 17.9 Å². The number of ether oxygens (including phenoxy) is 2. The maximum absolute atomic E-state index is 13.3. The number of hydrogen-bond acceptors (Lipinski definition) is 6. The molecule has 5 aliphatic rings. The van der Waals surface area contributed by atoms with Gasteiger partial charge in [0.1, 0.15) is 0 Å².